The van der Waals surface area contributed by atoms with Crippen molar-refractivity contribution in [1.29, 1.82) is 0 Å². The van der Waals surface area contributed by atoms with Crippen LogP contribution in [0.2, 0.25) is 0 Å². The summed E-state index contributed by atoms with van der Waals surface area (Å²) in [5.74, 6) is 0. The predicted octanol–water partition coefficient (Wildman–Crippen LogP) is 4.28. The summed E-state index contributed by atoms with van der Waals surface area (Å²) in [4.78, 5) is 0. The fourth-order valence-electron chi connectivity index (χ4n) is 0.422. The topological polar surface area (TPSA) is 0 Å². The zero-order valence-electron chi connectivity index (χ0n) is 7.32. The SMILES string of the molecule is C/C=C\C(Br)=C/CC.CC. The molecule has 0 nitrogen and oxygen atoms in total. The molecular formula is C9H17Br. The Kier molecular flexibility index (Phi) is 14.8. The fourth-order valence-corrected chi connectivity index (χ4v) is 1.01. The molecule has 0 unspecified atom stereocenters. The van der Waals surface area contributed by atoms with Gasteiger partial charge in [-0.25, -0.2) is 0 Å². The Morgan fingerprint density at radius 2 is 1.90 bits per heavy atom. The molecule has 0 aromatic heterocycles. The van der Waals surface area contributed by atoms with E-state index in [4.69, 9.17) is 0 Å². The first-order valence-corrected chi connectivity index (χ1v) is 4.59. The molecule has 0 heterocycles. The van der Waals surface area contributed by atoms with Crippen LogP contribution in [0.25, 0.3) is 0 Å². The van der Waals surface area contributed by atoms with Crippen LogP contribution in [0.3, 0.4) is 0 Å². The average Bonchev–Trinajstić information content (AvgIpc) is 1.93. The number of allylic oxidation sites excluding steroid dienone is 4. The molecule has 0 saturated heterocycles. The Morgan fingerprint density at radius 3 is 2.20 bits per heavy atom. The molecule has 0 rings (SSSR count). The molecule has 0 aliphatic carbocycles. The summed E-state index contributed by atoms with van der Waals surface area (Å²) in [6, 6.07) is 0. The van der Waals surface area contributed by atoms with Crippen molar-refractivity contribution in [3.8, 4) is 0 Å². The van der Waals surface area contributed by atoms with Crippen molar-refractivity contribution >= 4 is 15.9 Å². The minimum atomic E-state index is 1.09. The van der Waals surface area contributed by atoms with Gasteiger partial charge in [0.2, 0.25) is 0 Å². The Balaban J connectivity index is 0. The highest BCUT2D eigenvalue weighted by Crippen LogP contribution is 2.06. The van der Waals surface area contributed by atoms with Gasteiger partial charge in [0.25, 0.3) is 0 Å². The maximum Gasteiger partial charge on any atom is 0.0131 e. The van der Waals surface area contributed by atoms with Crippen LogP contribution >= 0.6 is 15.9 Å². The average molecular weight is 205 g/mol. The second-order valence-electron chi connectivity index (χ2n) is 1.50. The first-order chi connectivity index (χ1) is 4.81. The summed E-state index contributed by atoms with van der Waals surface area (Å²) in [5.41, 5.74) is 0. The van der Waals surface area contributed by atoms with Gasteiger partial charge in [-0.3, -0.25) is 0 Å². The quantitative estimate of drug-likeness (QED) is 0.590. The number of halogens is 1. The van der Waals surface area contributed by atoms with Gasteiger partial charge in [-0.1, -0.05) is 54.9 Å². The van der Waals surface area contributed by atoms with Crippen LogP contribution in [0.5, 0.6) is 0 Å². The lowest BCUT2D eigenvalue weighted by Crippen LogP contribution is -1.59. The van der Waals surface area contributed by atoms with Crippen molar-refractivity contribution in [2.45, 2.75) is 34.1 Å². The van der Waals surface area contributed by atoms with Crippen LogP contribution in [0.1, 0.15) is 34.1 Å². The molecule has 1 heteroatoms. The number of hydrogen-bond donors (Lipinski definition) is 0. The summed E-state index contributed by atoms with van der Waals surface area (Å²) in [7, 11) is 0. The first kappa shape index (κ1) is 12.6. The Bertz CT molecular complexity index is 101. The lowest BCUT2D eigenvalue weighted by molar-refractivity contribution is 1.22. The molecule has 0 spiro atoms. The van der Waals surface area contributed by atoms with Crippen molar-refractivity contribution in [2.24, 2.45) is 0 Å². The molecule has 0 radical (unpaired) electrons. The van der Waals surface area contributed by atoms with Gasteiger partial charge in [0.15, 0.2) is 0 Å². The second kappa shape index (κ2) is 11.7. The first-order valence-electron chi connectivity index (χ1n) is 3.79. The molecule has 0 aromatic rings. The van der Waals surface area contributed by atoms with E-state index in [2.05, 4.69) is 28.9 Å². The van der Waals surface area contributed by atoms with Crippen LogP contribution in [-0.4, -0.2) is 0 Å². The van der Waals surface area contributed by atoms with Gasteiger partial charge >= 0.3 is 0 Å². The van der Waals surface area contributed by atoms with Gasteiger partial charge in [0.1, 0.15) is 0 Å². The third-order valence-corrected chi connectivity index (χ3v) is 1.31. The van der Waals surface area contributed by atoms with Crippen LogP contribution in [-0.2, 0) is 0 Å². The zero-order chi connectivity index (χ0) is 8.41. The normalized spacial score (nSPS) is 11.1. The van der Waals surface area contributed by atoms with E-state index >= 15 is 0 Å². The molecular weight excluding hydrogens is 188 g/mol. The van der Waals surface area contributed by atoms with E-state index in [0.29, 0.717) is 0 Å². The van der Waals surface area contributed by atoms with Gasteiger partial charge in [0, 0.05) is 4.48 Å². The standard InChI is InChI=1S/C7H11Br.C2H6/c1-3-5-7(8)6-4-2;1-2/h3,5-6H,4H2,1-2H3;1-2H3/b5-3-,7-6+;. The van der Waals surface area contributed by atoms with Gasteiger partial charge in [-0.2, -0.15) is 0 Å². The van der Waals surface area contributed by atoms with Crippen LogP contribution in [0, 0.1) is 0 Å². The van der Waals surface area contributed by atoms with Gasteiger partial charge < -0.3 is 0 Å². The van der Waals surface area contributed by atoms with Gasteiger partial charge in [0.05, 0.1) is 0 Å². The molecule has 0 bridgehead atoms. The Labute approximate surface area is 73.2 Å². The van der Waals surface area contributed by atoms with Crippen molar-refractivity contribution in [2.75, 3.05) is 0 Å². The summed E-state index contributed by atoms with van der Waals surface area (Å²) in [6.45, 7) is 8.12. The van der Waals surface area contributed by atoms with Crippen molar-refractivity contribution in [3.63, 3.8) is 0 Å². The van der Waals surface area contributed by atoms with E-state index in [0.717, 1.165) is 6.42 Å². The monoisotopic (exact) mass is 204 g/mol. The molecule has 0 fully saturated rings. The van der Waals surface area contributed by atoms with E-state index in [-0.39, 0.29) is 0 Å². The minimum Gasteiger partial charge on any atom is -0.0866 e. The second-order valence-corrected chi connectivity index (χ2v) is 2.41. The Morgan fingerprint density at radius 1 is 1.40 bits per heavy atom. The lowest BCUT2D eigenvalue weighted by Gasteiger charge is -1.82. The predicted molar refractivity (Wildman–Crippen MR) is 53.5 cm³/mol. The molecule has 0 N–H and O–H groups in total. The van der Waals surface area contributed by atoms with Crippen LogP contribution in [0.15, 0.2) is 22.7 Å². The summed E-state index contributed by atoms with van der Waals surface area (Å²) in [6.07, 6.45) is 7.25. The summed E-state index contributed by atoms with van der Waals surface area (Å²) >= 11 is 3.37. The van der Waals surface area contributed by atoms with Crippen molar-refractivity contribution in [1.82, 2.24) is 0 Å². The molecule has 0 amide bonds. The van der Waals surface area contributed by atoms with E-state index in [1.807, 2.05) is 32.9 Å². The molecule has 10 heavy (non-hydrogen) atoms. The highest BCUT2D eigenvalue weighted by molar-refractivity contribution is 9.11. The van der Waals surface area contributed by atoms with E-state index in [9.17, 15) is 0 Å². The molecule has 0 aliphatic rings. The van der Waals surface area contributed by atoms with Crippen molar-refractivity contribution in [3.05, 3.63) is 22.7 Å². The molecule has 0 aliphatic heterocycles. The fraction of sp³-hybridized carbons (Fsp3) is 0.556. The smallest absolute Gasteiger partial charge is 0.0131 e. The molecule has 60 valence electrons. The third kappa shape index (κ3) is 10.9. The van der Waals surface area contributed by atoms with Gasteiger partial charge in [-0.15, -0.1) is 0 Å². The van der Waals surface area contributed by atoms with Crippen LogP contribution < -0.4 is 0 Å². The molecule has 0 aromatic carbocycles. The molecule has 0 atom stereocenters. The largest absolute Gasteiger partial charge is 0.0866 e. The van der Waals surface area contributed by atoms with E-state index < -0.39 is 0 Å². The highest BCUT2D eigenvalue weighted by Gasteiger charge is 1.76. The lowest BCUT2D eigenvalue weighted by atomic mass is 10.4. The zero-order valence-corrected chi connectivity index (χ0v) is 8.90. The summed E-state index contributed by atoms with van der Waals surface area (Å²) < 4.78 is 1.17. The maximum absolute atomic E-state index is 3.37. The van der Waals surface area contributed by atoms with Crippen LogP contribution in [0.4, 0.5) is 0 Å². The van der Waals surface area contributed by atoms with E-state index in [1.54, 1.807) is 0 Å². The number of hydrogen-bond acceptors (Lipinski definition) is 0. The van der Waals surface area contributed by atoms with Crippen molar-refractivity contribution < 1.29 is 0 Å². The van der Waals surface area contributed by atoms with Gasteiger partial charge in [-0.05, 0) is 13.3 Å². The highest BCUT2D eigenvalue weighted by atomic mass is 79.9. The third-order valence-electron chi connectivity index (χ3n) is 0.725. The molecule has 0 saturated carbocycles. The maximum atomic E-state index is 3.37. The summed E-state index contributed by atoms with van der Waals surface area (Å²) in [5, 5.41) is 0. The number of rotatable bonds is 2. The Hall–Kier alpha value is -0.0400. The van der Waals surface area contributed by atoms with E-state index in [1.165, 1.54) is 4.48 Å². The minimum absolute atomic E-state index is 1.09.